The normalized spacial score (nSPS) is 20.9. The summed E-state index contributed by atoms with van der Waals surface area (Å²) in [5, 5.41) is 0. The fourth-order valence-electron chi connectivity index (χ4n) is 2.78. The van der Waals surface area contributed by atoms with E-state index in [-0.39, 0.29) is 6.04 Å². The summed E-state index contributed by atoms with van der Waals surface area (Å²) in [6.45, 7) is 4.34. The van der Waals surface area contributed by atoms with Crippen LogP contribution in [0.4, 0.5) is 0 Å². The van der Waals surface area contributed by atoms with E-state index in [1.54, 1.807) is 0 Å². The van der Waals surface area contributed by atoms with Gasteiger partial charge in [0.15, 0.2) is 0 Å². The molecule has 0 heterocycles. The van der Waals surface area contributed by atoms with Gasteiger partial charge in [-0.25, -0.2) is 0 Å². The molecule has 2 N–H and O–H groups in total. The maximum atomic E-state index is 6.06. The van der Waals surface area contributed by atoms with Crippen molar-refractivity contribution < 1.29 is 0 Å². The van der Waals surface area contributed by atoms with Gasteiger partial charge in [-0.05, 0) is 45.1 Å². The number of benzene rings is 1. The van der Waals surface area contributed by atoms with Crippen molar-refractivity contribution in [2.24, 2.45) is 5.73 Å². The van der Waals surface area contributed by atoms with Crippen molar-refractivity contribution in [1.82, 2.24) is 0 Å². The standard InChI is InChI=1S/C16H23N/c1-12-7-13(2)9-15(8-12)10-14-5-3-4-6-16(17)11-14/h7-9,11,16H,3-6,10,17H2,1-2H3. The van der Waals surface area contributed by atoms with E-state index in [1.807, 2.05) is 0 Å². The molecule has 1 aliphatic rings. The maximum Gasteiger partial charge on any atom is 0.0226 e. The molecule has 1 atom stereocenters. The summed E-state index contributed by atoms with van der Waals surface area (Å²) in [5.74, 6) is 0. The van der Waals surface area contributed by atoms with Gasteiger partial charge in [0.2, 0.25) is 0 Å². The molecule has 0 amide bonds. The van der Waals surface area contributed by atoms with E-state index in [4.69, 9.17) is 5.73 Å². The van der Waals surface area contributed by atoms with E-state index in [0.29, 0.717) is 0 Å². The molecule has 0 aliphatic heterocycles. The van der Waals surface area contributed by atoms with Gasteiger partial charge >= 0.3 is 0 Å². The predicted octanol–water partition coefficient (Wildman–Crippen LogP) is 3.67. The van der Waals surface area contributed by atoms with Crippen molar-refractivity contribution >= 4 is 0 Å². The zero-order valence-electron chi connectivity index (χ0n) is 11.0. The second-order valence-electron chi connectivity index (χ2n) is 5.41. The summed E-state index contributed by atoms with van der Waals surface area (Å²) >= 11 is 0. The predicted molar refractivity (Wildman–Crippen MR) is 74.1 cm³/mol. The van der Waals surface area contributed by atoms with Crippen LogP contribution in [0, 0.1) is 13.8 Å². The molecule has 17 heavy (non-hydrogen) atoms. The average Bonchev–Trinajstić information content (AvgIpc) is 2.41. The van der Waals surface area contributed by atoms with Crippen molar-refractivity contribution in [2.45, 2.75) is 52.0 Å². The van der Waals surface area contributed by atoms with Crippen LogP contribution in [-0.2, 0) is 6.42 Å². The number of aryl methyl sites for hydroxylation is 2. The summed E-state index contributed by atoms with van der Waals surface area (Å²) in [4.78, 5) is 0. The second kappa shape index (κ2) is 5.50. The number of rotatable bonds is 2. The van der Waals surface area contributed by atoms with E-state index < -0.39 is 0 Å². The molecule has 1 nitrogen and oxygen atoms in total. The van der Waals surface area contributed by atoms with Crippen LogP contribution in [0.15, 0.2) is 29.8 Å². The van der Waals surface area contributed by atoms with Crippen LogP contribution in [0.5, 0.6) is 0 Å². The lowest BCUT2D eigenvalue weighted by Crippen LogP contribution is -2.16. The molecule has 1 aromatic rings. The minimum atomic E-state index is 0.276. The molecule has 1 heteroatoms. The SMILES string of the molecule is Cc1cc(C)cc(CC2=CC(N)CCCC2)c1. The number of allylic oxidation sites excluding steroid dienone is 1. The van der Waals surface area contributed by atoms with Crippen molar-refractivity contribution in [1.29, 1.82) is 0 Å². The number of nitrogens with two attached hydrogens (primary N) is 1. The highest BCUT2D eigenvalue weighted by molar-refractivity contribution is 5.31. The Bertz CT molecular complexity index is 397. The highest BCUT2D eigenvalue weighted by Gasteiger charge is 2.09. The minimum Gasteiger partial charge on any atom is -0.324 e. The molecule has 0 saturated heterocycles. The molecule has 1 aromatic carbocycles. The smallest absolute Gasteiger partial charge is 0.0226 e. The average molecular weight is 229 g/mol. The first-order valence-corrected chi connectivity index (χ1v) is 6.66. The first kappa shape index (κ1) is 12.4. The lowest BCUT2D eigenvalue weighted by atomic mass is 9.98. The molecular weight excluding hydrogens is 206 g/mol. The van der Waals surface area contributed by atoms with Gasteiger partial charge in [0.05, 0.1) is 0 Å². The first-order chi connectivity index (χ1) is 8.13. The van der Waals surface area contributed by atoms with Gasteiger partial charge < -0.3 is 5.73 Å². The topological polar surface area (TPSA) is 26.0 Å². The molecule has 0 aromatic heterocycles. The quantitative estimate of drug-likeness (QED) is 0.769. The Hall–Kier alpha value is -1.08. The summed E-state index contributed by atoms with van der Waals surface area (Å²) in [6, 6.07) is 7.10. The lowest BCUT2D eigenvalue weighted by Gasteiger charge is -2.09. The largest absolute Gasteiger partial charge is 0.324 e. The Labute approximate surface area is 105 Å². The van der Waals surface area contributed by atoms with E-state index in [1.165, 1.54) is 41.5 Å². The van der Waals surface area contributed by atoms with Gasteiger partial charge in [-0.15, -0.1) is 0 Å². The molecule has 1 unspecified atom stereocenters. The van der Waals surface area contributed by atoms with Gasteiger partial charge in [-0.2, -0.15) is 0 Å². The third-order valence-corrected chi connectivity index (χ3v) is 3.45. The second-order valence-corrected chi connectivity index (χ2v) is 5.41. The summed E-state index contributed by atoms with van der Waals surface area (Å²) in [7, 11) is 0. The first-order valence-electron chi connectivity index (χ1n) is 6.66. The third kappa shape index (κ3) is 3.71. The van der Waals surface area contributed by atoms with Crippen molar-refractivity contribution in [3.05, 3.63) is 46.5 Å². The van der Waals surface area contributed by atoms with E-state index in [0.717, 1.165) is 12.8 Å². The van der Waals surface area contributed by atoms with Crippen LogP contribution in [-0.4, -0.2) is 6.04 Å². The zero-order chi connectivity index (χ0) is 12.3. The van der Waals surface area contributed by atoms with Crippen LogP contribution >= 0.6 is 0 Å². The van der Waals surface area contributed by atoms with Gasteiger partial charge in [0.25, 0.3) is 0 Å². The summed E-state index contributed by atoms with van der Waals surface area (Å²) < 4.78 is 0. The van der Waals surface area contributed by atoms with Gasteiger partial charge in [-0.1, -0.05) is 47.4 Å². The van der Waals surface area contributed by atoms with Crippen LogP contribution in [0.2, 0.25) is 0 Å². The molecule has 0 fully saturated rings. The molecule has 92 valence electrons. The fraction of sp³-hybridized carbons (Fsp3) is 0.500. The van der Waals surface area contributed by atoms with Gasteiger partial charge in [-0.3, -0.25) is 0 Å². The minimum absolute atomic E-state index is 0.276. The molecule has 0 radical (unpaired) electrons. The van der Waals surface area contributed by atoms with Crippen LogP contribution in [0.3, 0.4) is 0 Å². The van der Waals surface area contributed by atoms with Crippen LogP contribution in [0.1, 0.15) is 42.4 Å². The molecule has 0 saturated carbocycles. The highest BCUT2D eigenvalue weighted by atomic mass is 14.6. The van der Waals surface area contributed by atoms with Crippen LogP contribution in [0.25, 0.3) is 0 Å². The molecule has 0 bridgehead atoms. The molecule has 2 rings (SSSR count). The Morgan fingerprint density at radius 1 is 1.12 bits per heavy atom. The number of hydrogen-bond acceptors (Lipinski definition) is 1. The fourth-order valence-corrected chi connectivity index (χ4v) is 2.78. The van der Waals surface area contributed by atoms with Crippen molar-refractivity contribution in [3.63, 3.8) is 0 Å². The van der Waals surface area contributed by atoms with Crippen LogP contribution < -0.4 is 5.73 Å². The lowest BCUT2D eigenvalue weighted by molar-refractivity contribution is 0.654. The van der Waals surface area contributed by atoms with E-state index in [2.05, 4.69) is 38.1 Å². The highest BCUT2D eigenvalue weighted by Crippen LogP contribution is 2.21. The zero-order valence-corrected chi connectivity index (χ0v) is 11.0. The molecule has 0 spiro atoms. The molecule has 1 aliphatic carbocycles. The number of hydrogen-bond donors (Lipinski definition) is 1. The van der Waals surface area contributed by atoms with Crippen molar-refractivity contribution in [3.8, 4) is 0 Å². The Balaban J connectivity index is 2.13. The Morgan fingerprint density at radius 3 is 2.53 bits per heavy atom. The Kier molecular flexibility index (Phi) is 4.01. The van der Waals surface area contributed by atoms with Gasteiger partial charge in [0, 0.05) is 6.04 Å². The van der Waals surface area contributed by atoms with Crippen molar-refractivity contribution in [2.75, 3.05) is 0 Å². The molecular formula is C16H23N. The monoisotopic (exact) mass is 229 g/mol. The summed E-state index contributed by atoms with van der Waals surface area (Å²) in [5.41, 5.74) is 11.7. The summed E-state index contributed by atoms with van der Waals surface area (Å²) in [6.07, 6.45) is 8.32. The third-order valence-electron chi connectivity index (χ3n) is 3.45. The maximum absolute atomic E-state index is 6.06. The van der Waals surface area contributed by atoms with E-state index in [9.17, 15) is 0 Å². The van der Waals surface area contributed by atoms with E-state index >= 15 is 0 Å². The Morgan fingerprint density at radius 2 is 1.82 bits per heavy atom. The van der Waals surface area contributed by atoms with Gasteiger partial charge in [0.1, 0.15) is 0 Å².